The van der Waals surface area contributed by atoms with Gasteiger partial charge in [-0.15, -0.1) is 10.2 Å². The van der Waals surface area contributed by atoms with Crippen molar-refractivity contribution in [1.82, 2.24) is 10.2 Å². The fraction of sp³-hybridized carbons (Fsp3) is 0.200. The summed E-state index contributed by atoms with van der Waals surface area (Å²) in [7, 11) is 0. The molecular formula is C10H8F3N3S. The number of nitrogen functional groups attached to an aromatic ring is 1. The van der Waals surface area contributed by atoms with Crippen LogP contribution < -0.4 is 5.73 Å². The van der Waals surface area contributed by atoms with Crippen LogP contribution in [0.3, 0.4) is 0 Å². The van der Waals surface area contributed by atoms with E-state index in [9.17, 15) is 13.2 Å². The molecule has 0 radical (unpaired) electrons. The standard InChI is InChI=1S/C10H8F3N3S/c1-5-4-6(10(11,12)13)2-3-7(5)8-15-16-9(14)17-8/h2-4H,1H3,(H2,14,16). The summed E-state index contributed by atoms with van der Waals surface area (Å²) in [6.07, 6.45) is -4.33. The van der Waals surface area contributed by atoms with Gasteiger partial charge in [0.15, 0.2) is 0 Å². The van der Waals surface area contributed by atoms with E-state index in [0.29, 0.717) is 21.3 Å². The number of benzene rings is 1. The lowest BCUT2D eigenvalue weighted by molar-refractivity contribution is -0.137. The summed E-state index contributed by atoms with van der Waals surface area (Å²) in [6, 6.07) is 3.50. The molecule has 0 saturated heterocycles. The quantitative estimate of drug-likeness (QED) is 0.856. The maximum absolute atomic E-state index is 12.5. The molecule has 17 heavy (non-hydrogen) atoms. The number of nitrogens with zero attached hydrogens (tertiary/aromatic N) is 2. The van der Waals surface area contributed by atoms with Gasteiger partial charge in [0.25, 0.3) is 0 Å². The largest absolute Gasteiger partial charge is 0.416 e. The Morgan fingerprint density at radius 1 is 1.24 bits per heavy atom. The van der Waals surface area contributed by atoms with Gasteiger partial charge in [-0.3, -0.25) is 0 Å². The first-order chi connectivity index (χ1) is 7.88. The number of hydrogen-bond donors (Lipinski definition) is 1. The van der Waals surface area contributed by atoms with Gasteiger partial charge in [-0.05, 0) is 24.6 Å². The van der Waals surface area contributed by atoms with E-state index in [1.165, 1.54) is 6.07 Å². The molecule has 0 amide bonds. The Labute approximate surface area is 99.1 Å². The molecule has 2 aromatic rings. The highest BCUT2D eigenvalue weighted by molar-refractivity contribution is 7.18. The van der Waals surface area contributed by atoms with E-state index < -0.39 is 11.7 Å². The maximum Gasteiger partial charge on any atom is 0.416 e. The molecule has 0 fully saturated rings. The van der Waals surface area contributed by atoms with Gasteiger partial charge in [0, 0.05) is 5.56 Å². The van der Waals surface area contributed by atoms with Gasteiger partial charge in [-0.1, -0.05) is 17.4 Å². The molecule has 0 unspecified atom stereocenters. The Bertz CT molecular complexity index is 548. The van der Waals surface area contributed by atoms with E-state index in [-0.39, 0.29) is 0 Å². The Kier molecular flexibility index (Phi) is 2.78. The maximum atomic E-state index is 12.5. The first-order valence-corrected chi connectivity index (χ1v) is 5.47. The van der Waals surface area contributed by atoms with Crippen molar-refractivity contribution in [3.8, 4) is 10.6 Å². The number of halogens is 3. The molecular weight excluding hydrogens is 251 g/mol. The fourth-order valence-electron chi connectivity index (χ4n) is 1.42. The highest BCUT2D eigenvalue weighted by Crippen LogP contribution is 2.34. The van der Waals surface area contributed by atoms with Crippen LogP contribution in [0.25, 0.3) is 10.6 Å². The molecule has 1 aromatic carbocycles. The van der Waals surface area contributed by atoms with E-state index in [1.54, 1.807) is 6.92 Å². The van der Waals surface area contributed by atoms with E-state index in [2.05, 4.69) is 10.2 Å². The number of nitrogens with two attached hydrogens (primary N) is 1. The van der Waals surface area contributed by atoms with Crippen molar-refractivity contribution in [2.75, 3.05) is 5.73 Å². The van der Waals surface area contributed by atoms with Crippen molar-refractivity contribution in [2.45, 2.75) is 13.1 Å². The molecule has 1 heterocycles. The molecule has 0 bridgehead atoms. The van der Waals surface area contributed by atoms with Crippen LogP contribution in [0.5, 0.6) is 0 Å². The Balaban J connectivity index is 2.45. The summed E-state index contributed by atoms with van der Waals surface area (Å²) >= 11 is 1.14. The Hall–Kier alpha value is -1.63. The summed E-state index contributed by atoms with van der Waals surface area (Å²) in [5.74, 6) is 0. The monoisotopic (exact) mass is 259 g/mol. The number of alkyl halides is 3. The highest BCUT2D eigenvalue weighted by atomic mass is 32.1. The van der Waals surface area contributed by atoms with Crippen LogP contribution in [-0.2, 0) is 6.18 Å². The van der Waals surface area contributed by atoms with E-state index in [0.717, 1.165) is 23.5 Å². The van der Waals surface area contributed by atoms with E-state index >= 15 is 0 Å². The van der Waals surface area contributed by atoms with Crippen molar-refractivity contribution in [3.63, 3.8) is 0 Å². The second-order valence-electron chi connectivity index (χ2n) is 3.47. The molecule has 0 saturated carbocycles. The zero-order chi connectivity index (χ0) is 12.6. The van der Waals surface area contributed by atoms with Gasteiger partial charge >= 0.3 is 6.18 Å². The van der Waals surface area contributed by atoms with Crippen LogP contribution in [0.2, 0.25) is 0 Å². The second-order valence-corrected chi connectivity index (χ2v) is 4.48. The lowest BCUT2D eigenvalue weighted by Crippen LogP contribution is -2.05. The van der Waals surface area contributed by atoms with Gasteiger partial charge in [0.05, 0.1) is 5.56 Å². The van der Waals surface area contributed by atoms with Crippen molar-refractivity contribution < 1.29 is 13.2 Å². The van der Waals surface area contributed by atoms with Crippen molar-refractivity contribution in [3.05, 3.63) is 29.3 Å². The van der Waals surface area contributed by atoms with E-state index in [1.807, 2.05) is 0 Å². The topological polar surface area (TPSA) is 51.8 Å². The molecule has 0 spiro atoms. The molecule has 3 nitrogen and oxygen atoms in total. The number of rotatable bonds is 1. The minimum absolute atomic E-state index is 0.291. The SMILES string of the molecule is Cc1cc(C(F)(F)F)ccc1-c1nnc(N)s1. The Morgan fingerprint density at radius 3 is 2.41 bits per heavy atom. The van der Waals surface area contributed by atoms with Crippen LogP contribution in [0.4, 0.5) is 18.3 Å². The first-order valence-electron chi connectivity index (χ1n) is 4.65. The predicted octanol–water partition coefficient (Wildman–Crippen LogP) is 3.11. The number of aromatic nitrogens is 2. The molecule has 2 N–H and O–H groups in total. The number of anilines is 1. The first kappa shape index (κ1) is 11.8. The van der Waals surface area contributed by atoms with Gasteiger partial charge < -0.3 is 5.73 Å². The average molecular weight is 259 g/mol. The fourth-order valence-corrected chi connectivity index (χ4v) is 2.12. The second kappa shape index (κ2) is 3.99. The van der Waals surface area contributed by atoms with Crippen LogP contribution in [0.1, 0.15) is 11.1 Å². The summed E-state index contributed by atoms with van der Waals surface area (Å²) < 4.78 is 37.4. The molecule has 1 aromatic heterocycles. The summed E-state index contributed by atoms with van der Waals surface area (Å²) in [6.45, 7) is 1.60. The molecule has 0 atom stereocenters. The van der Waals surface area contributed by atoms with Crippen LogP contribution in [-0.4, -0.2) is 10.2 Å². The third-order valence-electron chi connectivity index (χ3n) is 2.22. The summed E-state index contributed by atoms with van der Waals surface area (Å²) in [5, 5.41) is 8.24. The van der Waals surface area contributed by atoms with Gasteiger partial charge in [-0.2, -0.15) is 13.2 Å². The van der Waals surface area contributed by atoms with Crippen molar-refractivity contribution in [1.29, 1.82) is 0 Å². The zero-order valence-electron chi connectivity index (χ0n) is 8.75. The van der Waals surface area contributed by atoms with Gasteiger partial charge in [0.1, 0.15) is 5.01 Å². The van der Waals surface area contributed by atoms with Gasteiger partial charge in [0.2, 0.25) is 5.13 Å². The molecule has 0 aliphatic rings. The third-order valence-corrected chi connectivity index (χ3v) is 3.01. The molecule has 0 aliphatic heterocycles. The van der Waals surface area contributed by atoms with E-state index in [4.69, 9.17) is 5.73 Å². The summed E-state index contributed by atoms with van der Waals surface area (Å²) in [5.41, 5.74) is 5.87. The molecule has 2 rings (SSSR count). The zero-order valence-corrected chi connectivity index (χ0v) is 9.56. The van der Waals surface area contributed by atoms with Crippen LogP contribution >= 0.6 is 11.3 Å². The minimum Gasteiger partial charge on any atom is -0.374 e. The highest BCUT2D eigenvalue weighted by Gasteiger charge is 2.30. The number of aryl methyl sites for hydroxylation is 1. The number of hydrogen-bond acceptors (Lipinski definition) is 4. The predicted molar refractivity (Wildman–Crippen MR) is 59.5 cm³/mol. The lowest BCUT2D eigenvalue weighted by Gasteiger charge is -2.09. The van der Waals surface area contributed by atoms with Crippen molar-refractivity contribution in [2.24, 2.45) is 0 Å². The van der Waals surface area contributed by atoms with Gasteiger partial charge in [-0.25, -0.2) is 0 Å². The minimum atomic E-state index is -4.33. The average Bonchev–Trinajstić information content (AvgIpc) is 2.63. The lowest BCUT2D eigenvalue weighted by atomic mass is 10.1. The molecule has 90 valence electrons. The summed E-state index contributed by atoms with van der Waals surface area (Å²) in [4.78, 5) is 0. The van der Waals surface area contributed by atoms with Crippen LogP contribution in [0, 0.1) is 6.92 Å². The Morgan fingerprint density at radius 2 is 1.94 bits per heavy atom. The molecule has 7 heteroatoms. The van der Waals surface area contributed by atoms with Crippen molar-refractivity contribution >= 4 is 16.5 Å². The van der Waals surface area contributed by atoms with Crippen LogP contribution in [0.15, 0.2) is 18.2 Å². The molecule has 0 aliphatic carbocycles. The third kappa shape index (κ3) is 2.38. The normalized spacial score (nSPS) is 11.8. The smallest absolute Gasteiger partial charge is 0.374 e.